The molecule has 8 nitrogen and oxygen atoms in total. The smallest absolute Gasteiger partial charge is 0.475 e. The highest BCUT2D eigenvalue weighted by Crippen LogP contribution is 2.35. The fourth-order valence-electron chi connectivity index (χ4n) is 3.94. The number of alkyl halides is 6. The predicted molar refractivity (Wildman–Crippen MR) is 122 cm³/mol. The number of morpholine rings is 1. The summed E-state index contributed by atoms with van der Waals surface area (Å²) in [7, 11) is 0. The van der Waals surface area contributed by atoms with Crippen LogP contribution in [0, 0.1) is 5.92 Å². The van der Waals surface area contributed by atoms with Crippen molar-refractivity contribution in [1.82, 2.24) is 9.88 Å². The van der Waals surface area contributed by atoms with E-state index in [9.17, 15) is 26.3 Å². The molecule has 2 aromatic heterocycles. The number of carbonyl (C=O) groups is 2. The molecule has 2 N–H and O–H groups in total. The number of hydrogen-bond donors (Lipinski definition) is 2. The topological polar surface area (TPSA) is 109 Å². The van der Waals surface area contributed by atoms with E-state index < -0.39 is 24.3 Å². The summed E-state index contributed by atoms with van der Waals surface area (Å²) >= 11 is 1.78. The molecule has 1 aliphatic carbocycles. The van der Waals surface area contributed by atoms with Crippen molar-refractivity contribution in [3.63, 3.8) is 0 Å². The monoisotopic (exact) mass is 572 g/mol. The number of carboxylic acid groups (broad SMARTS) is 2. The minimum Gasteiger partial charge on any atom is -0.475 e. The SMILES string of the molecule is O=C(O)C(F)(F)F.O=C(O)C(F)(F)F.c1cncc(COCC2CCC3C2OCCN3Cc2ccsc2)c1. The highest BCUT2D eigenvalue weighted by molar-refractivity contribution is 7.07. The highest BCUT2D eigenvalue weighted by atomic mass is 32.1. The molecular weight excluding hydrogens is 546 g/mol. The molecule has 1 aliphatic heterocycles. The molecule has 38 heavy (non-hydrogen) atoms. The van der Waals surface area contributed by atoms with E-state index >= 15 is 0 Å². The first-order valence-corrected chi connectivity index (χ1v) is 12.2. The van der Waals surface area contributed by atoms with E-state index in [0.29, 0.717) is 24.7 Å². The lowest BCUT2D eigenvalue weighted by Gasteiger charge is -2.39. The molecule has 3 heterocycles. The molecule has 2 aliphatic rings. The Morgan fingerprint density at radius 1 is 1.08 bits per heavy atom. The van der Waals surface area contributed by atoms with Gasteiger partial charge in [0.15, 0.2) is 0 Å². The number of halogens is 6. The minimum absolute atomic E-state index is 0.325. The van der Waals surface area contributed by atoms with Gasteiger partial charge in [0.25, 0.3) is 0 Å². The van der Waals surface area contributed by atoms with Crippen LogP contribution >= 0.6 is 11.3 Å². The minimum atomic E-state index is -5.08. The van der Waals surface area contributed by atoms with Gasteiger partial charge in [-0.1, -0.05) is 6.07 Å². The normalized spacial score (nSPS) is 21.4. The molecule has 1 saturated heterocycles. The van der Waals surface area contributed by atoms with Gasteiger partial charge < -0.3 is 19.7 Å². The Morgan fingerprint density at radius 2 is 1.74 bits per heavy atom. The fourth-order valence-corrected chi connectivity index (χ4v) is 4.60. The summed E-state index contributed by atoms with van der Waals surface area (Å²) in [6.45, 7) is 4.35. The first kappa shape index (κ1) is 31.5. The molecule has 0 radical (unpaired) electrons. The summed E-state index contributed by atoms with van der Waals surface area (Å²) in [5.74, 6) is -5.00. The number of aliphatic carboxylic acids is 2. The van der Waals surface area contributed by atoms with Crippen LogP contribution in [0.4, 0.5) is 26.3 Å². The molecule has 4 rings (SSSR count). The second-order valence-corrected chi connectivity index (χ2v) is 9.10. The maximum atomic E-state index is 10.6. The first-order chi connectivity index (χ1) is 17.8. The van der Waals surface area contributed by atoms with Gasteiger partial charge in [-0.15, -0.1) is 0 Å². The van der Waals surface area contributed by atoms with Crippen LogP contribution in [0.2, 0.25) is 0 Å². The average Bonchev–Trinajstić information content (AvgIpc) is 3.50. The standard InChI is InChI=1S/C19H24N2O2S.2C2HF3O2/c1-2-15(10-20-6-1)12-22-13-17-3-4-18-19(17)23-8-7-21(18)11-16-5-9-24-14-16;2*3-2(4,5)1(6)7/h1-2,5-6,9-10,14,17-19H,3-4,7-8,11-13H2;2*(H,6,7). The molecule has 0 aromatic carbocycles. The van der Waals surface area contributed by atoms with E-state index in [4.69, 9.17) is 29.3 Å². The number of nitrogens with zero attached hydrogens (tertiary/aromatic N) is 2. The summed E-state index contributed by atoms with van der Waals surface area (Å²) in [5.41, 5.74) is 2.56. The number of thiophene rings is 1. The number of rotatable bonds is 6. The van der Waals surface area contributed by atoms with Crippen molar-refractivity contribution < 1.29 is 55.6 Å². The zero-order chi connectivity index (χ0) is 28.3. The number of fused-ring (bicyclic) bond motifs is 1. The van der Waals surface area contributed by atoms with E-state index in [1.165, 1.54) is 18.4 Å². The van der Waals surface area contributed by atoms with E-state index in [0.717, 1.165) is 31.9 Å². The Morgan fingerprint density at radius 3 is 2.26 bits per heavy atom. The van der Waals surface area contributed by atoms with Crippen molar-refractivity contribution in [2.75, 3.05) is 19.8 Å². The van der Waals surface area contributed by atoms with Gasteiger partial charge in [0.1, 0.15) is 0 Å². The van der Waals surface area contributed by atoms with Crippen molar-refractivity contribution in [2.24, 2.45) is 5.92 Å². The third-order valence-electron chi connectivity index (χ3n) is 5.61. The summed E-state index contributed by atoms with van der Waals surface area (Å²) in [5, 5.41) is 18.7. The fraction of sp³-hybridized carbons (Fsp3) is 0.522. The van der Waals surface area contributed by atoms with E-state index in [-0.39, 0.29) is 0 Å². The number of hydrogen-bond acceptors (Lipinski definition) is 7. The molecule has 0 amide bonds. The van der Waals surface area contributed by atoms with Gasteiger partial charge in [-0.3, -0.25) is 9.88 Å². The molecule has 15 heteroatoms. The Kier molecular flexibility index (Phi) is 11.9. The van der Waals surface area contributed by atoms with Crippen LogP contribution in [-0.2, 0) is 32.2 Å². The Hall–Kier alpha value is -2.75. The van der Waals surface area contributed by atoms with E-state index in [2.05, 4.69) is 32.8 Å². The van der Waals surface area contributed by atoms with Gasteiger partial charge in [0.2, 0.25) is 0 Å². The molecular formula is C23H26F6N2O6S. The second kappa shape index (κ2) is 14.4. The lowest BCUT2D eigenvalue weighted by Crippen LogP contribution is -2.50. The molecule has 0 spiro atoms. The summed E-state index contributed by atoms with van der Waals surface area (Å²) in [4.78, 5) is 24.5. The highest BCUT2D eigenvalue weighted by Gasteiger charge is 2.42. The predicted octanol–water partition coefficient (Wildman–Crippen LogP) is 4.61. The molecule has 2 fully saturated rings. The number of ether oxygens (including phenoxy) is 2. The Bertz CT molecular complexity index is 967. The maximum absolute atomic E-state index is 10.6. The van der Waals surface area contributed by atoms with Gasteiger partial charge in [-0.05, 0) is 46.9 Å². The molecule has 1 saturated carbocycles. The lowest BCUT2D eigenvalue weighted by atomic mass is 10.0. The van der Waals surface area contributed by atoms with Crippen LogP contribution in [0.3, 0.4) is 0 Å². The van der Waals surface area contributed by atoms with Gasteiger partial charge >= 0.3 is 24.3 Å². The zero-order valence-corrected chi connectivity index (χ0v) is 20.6. The van der Waals surface area contributed by atoms with Gasteiger partial charge in [0.05, 0.1) is 25.9 Å². The number of pyridine rings is 1. The molecule has 2 aromatic rings. The Labute approximate surface area is 217 Å². The summed E-state index contributed by atoms with van der Waals surface area (Å²) in [6.07, 6.45) is -3.76. The summed E-state index contributed by atoms with van der Waals surface area (Å²) < 4.78 is 75.6. The summed E-state index contributed by atoms with van der Waals surface area (Å²) in [6, 6.07) is 6.80. The zero-order valence-electron chi connectivity index (χ0n) is 19.8. The number of carboxylic acids is 2. The van der Waals surface area contributed by atoms with Crippen LogP contribution in [0.15, 0.2) is 41.4 Å². The van der Waals surface area contributed by atoms with Crippen molar-refractivity contribution in [3.8, 4) is 0 Å². The van der Waals surface area contributed by atoms with E-state index in [1.807, 2.05) is 12.3 Å². The molecule has 212 valence electrons. The van der Waals surface area contributed by atoms with Crippen molar-refractivity contribution in [1.29, 1.82) is 0 Å². The van der Waals surface area contributed by atoms with Crippen LogP contribution in [0.25, 0.3) is 0 Å². The van der Waals surface area contributed by atoms with E-state index in [1.54, 1.807) is 17.5 Å². The van der Waals surface area contributed by atoms with Gasteiger partial charge in [0, 0.05) is 37.4 Å². The third kappa shape index (κ3) is 10.6. The quantitative estimate of drug-likeness (QED) is 0.484. The maximum Gasteiger partial charge on any atom is 0.490 e. The molecule has 0 bridgehead atoms. The largest absolute Gasteiger partial charge is 0.490 e. The van der Waals surface area contributed by atoms with Crippen molar-refractivity contribution in [2.45, 2.75) is 50.5 Å². The van der Waals surface area contributed by atoms with Crippen LogP contribution in [0.1, 0.15) is 24.0 Å². The van der Waals surface area contributed by atoms with Crippen LogP contribution in [-0.4, -0.2) is 76.3 Å². The van der Waals surface area contributed by atoms with Crippen LogP contribution < -0.4 is 0 Å². The Balaban J connectivity index is 0.000000301. The van der Waals surface area contributed by atoms with Gasteiger partial charge in [-0.2, -0.15) is 37.7 Å². The average molecular weight is 573 g/mol. The van der Waals surface area contributed by atoms with Crippen molar-refractivity contribution in [3.05, 3.63) is 52.5 Å². The van der Waals surface area contributed by atoms with Crippen LogP contribution in [0.5, 0.6) is 0 Å². The lowest BCUT2D eigenvalue weighted by molar-refractivity contribution is -0.193. The van der Waals surface area contributed by atoms with Crippen molar-refractivity contribution >= 4 is 23.3 Å². The first-order valence-electron chi connectivity index (χ1n) is 11.2. The van der Waals surface area contributed by atoms with Gasteiger partial charge in [-0.25, -0.2) is 9.59 Å². The molecule has 3 atom stereocenters. The number of aromatic nitrogens is 1. The second-order valence-electron chi connectivity index (χ2n) is 8.32. The third-order valence-corrected chi connectivity index (χ3v) is 6.34. The molecule has 3 unspecified atom stereocenters.